The van der Waals surface area contributed by atoms with Crippen LogP contribution >= 0.6 is 0 Å². The van der Waals surface area contributed by atoms with E-state index in [-0.39, 0.29) is 17.5 Å². The highest BCUT2D eigenvalue weighted by molar-refractivity contribution is 5.48. The van der Waals surface area contributed by atoms with E-state index in [1.165, 1.54) is 0 Å². The Morgan fingerprint density at radius 2 is 2.08 bits per heavy atom. The molecular weight excluding hydrogens is 318 g/mol. The van der Waals surface area contributed by atoms with Gasteiger partial charge in [0.2, 0.25) is 5.95 Å². The molecule has 0 bridgehead atoms. The number of anilines is 1. The molecular formula is C18H21N5O2. The first-order valence-corrected chi connectivity index (χ1v) is 8.56. The third kappa shape index (κ3) is 2.56. The number of hydrogen-bond acceptors (Lipinski definition) is 5. The fourth-order valence-corrected chi connectivity index (χ4v) is 3.20. The molecule has 25 heavy (non-hydrogen) atoms. The molecule has 1 aliphatic heterocycles. The maximum atomic E-state index is 12.8. The molecule has 1 aromatic carbocycles. The quantitative estimate of drug-likeness (QED) is 0.791. The van der Waals surface area contributed by atoms with E-state index >= 15 is 0 Å². The SMILES string of the molecule is CCOc1ccc(C2Cn3c(nn4c(C(C)C)ncc4c3=O)N2)cc1. The number of nitrogens with zero attached hydrogens (tertiary/aromatic N) is 4. The maximum Gasteiger partial charge on any atom is 0.281 e. The summed E-state index contributed by atoms with van der Waals surface area (Å²) in [6, 6.07) is 7.96. The number of fused-ring (bicyclic) bond motifs is 2. The smallest absolute Gasteiger partial charge is 0.281 e. The summed E-state index contributed by atoms with van der Waals surface area (Å²) < 4.78 is 8.83. The van der Waals surface area contributed by atoms with Crippen LogP contribution in [0.15, 0.2) is 35.3 Å². The number of benzene rings is 1. The first-order chi connectivity index (χ1) is 12.1. The Bertz CT molecular complexity index is 972. The molecule has 130 valence electrons. The predicted molar refractivity (Wildman–Crippen MR) is 95.3 cm³/mol. The number of ether oxygens (including phenoxy) is 1. The van der Waals surface area contributed by atoms with Gasteiger partial charge in [-0.1, -0.05) is 26.0 Å². The minimum absolute atomic E-state index is 0.0124. The Morgan fingerprint density at radius 1 is 1.32 bits per heavy atom. The van der Waals surface area contributed by atoms with Crippen LogP contribution in [0.5, 0.6) is 5.75 Å². The molecule has 1 atom stereocenters. The van der Waals surface area contributed by atoms with Crippen molar-refractivity contribution in [3.63, 3.8) is 0 Å². The van der Waals surface area contributed by atoms with Gasteiger partial charge >= 0.3 is 0 Å². The van der Waals surface area contributed by atoms with Crippen molar-refractivity contribution in [2.45, 2.75) is 39.3 Å². The summed E-state index contributed by atoms with van der Waals surface area (Å²) in [4.78, 5) is 17.1. The summed E-state index contributed by atoms with van der Waals surface area (Å²) in [5.41, 5.74) is 1.55. The van der Waals surface area contributed by atoms with E-state index in [0.29, 0.717) is 24.6 Å². The fraction of sp³-hybridized carbons (Fsp3) is 0.389. The molecule has 3 heterocycles. The molecule has 1 aliphatic rings. The van der Waals surface area contributed by atoms with E-state index in [0.717, 1.165) is 17.1 Å². The Kier molecular flexibility index (Phi) is 3.71. The molecule has 0 spiro atoms. The molecule has 0 aliphatic carbocycles. The number of nitrogens with one attached hydrogen (secondary N) is 1. The van der Waals surface area contributed by atoms with E-state index in [1.54, 1.807) is 15.3 Å². The molecule has 7 nitrogen and oxygen atoms in total. The van der Waals surface area contributed by atoms with Crippen LogP contribution in [0, 0.1) is 0 Å². The van der Waals surface area contributed by atoms with Crippen molar-refractivity contribution >= 4 is 11.5 Å². The molecule has 0 saturated carbocycles. The molecule has 4 rings (SSSR count). The van der Waals surface area contributed by atoms with E-state index in [1.807, 2.05) is 45.0 Å². The fourth-order valence-electron chi connectivity index (χ4n) is 3.20. The zero-order chi connectivity index (χ0) is 17.6. The van der Waals surface area contributed by atoms with Gasteiger partial charge in [-0.2, -0.15) is 0 Å². The molecule has 1 N–H and O–H groups in total. The van der Waals surface area contributed by atoms with Crippen molar-refractivity contribution in [3.8, 4) is 5.75 Å². The lowest BCUT2D eigenvalue weighted by molar-refractivity contribution is 0.340. The van der Waals surface area contributed by atoms with Gasteiger partial charge in [0.15, 0.2) is 5.52 Å². The van der Waals surface area contributed by atoms with Crippen molar-refractivity contribution in [2.24, 2.45) is 0 Å². The maximum absolute atomic E-state index is 12.8. The van der Waals surface area contributed by atoms with Crippen LogP contribution in [0.25, 0.3) is 5.52 Å². The Morgan fingerprint density at radius 3 is 2.76 bits per heavy atom. The van der Waals surface area contributed by atoms with Crippen LogP contribution in [0.1, 0.15) is 44.1 Å². The Balaban J connectivity index is 1.69. The summed E-state index contributed by atoms with van der Waals surface area (Å²) in [5, 5.41) is 7.96. The van der Waals surface area contributed by atoms with Gasteiger partial charge in [0, 0.05) is 5.92 Å². The van der Waals surface area contributed by atoms with Gasteiger partial charge in [-0.3, -0.25) is 9.36 Å². The van der Waals surface area contributed by atoms with Crippen molar-refractivity contribution in [2.75, 3.05) is 11.9 Å². The third-order valence-corrected chi connectivity index (χ3v) is 4.46. The van der Waals surface area contributed by atoms with E-state index in [4.69, 9.17) is 4.74 Å². The minimum Gasteiger partial charge on any atom is -0.494 e. The largest absolute Gasteiger partial charge is 0.494 e. The van der Waals surface area contributed by atoms with Crippen LogP contribution in [-0.4, -0.2) is 25.8 Å². The molecule has 0 saturated heterocycles. The average Bonchev–Trinajstić information content (AvgIpc) is 3.21. The molecule has 1 unspecified atom stereocenters. The molecule has 0 radical (unpaired) electrons. The lowest BCUT2D eigenvalue weighted by Gasteiger charge is -2.11. The molecule has 0 amide bonds. The van der Waals surface area contributed by atoms with Crippen LogP contribution in [0.4, 0.5) is 5.95 Å². The number of aromatic nitrogens is 4. The highest BCUT2D eigenvalue weighted by atomic mass is 16.5. The average molecular weight is 339 g/mol. The third-order valence-electron chi connectivity index (χ3n) is 4.46. The minimum atomic E-state index is -0.0645. The highest BCUT2D eigenvalue weighted by Crippen LogP contribution is 2.28. The standard InChI is InChI=1S/C18H21N5O2/c1-4-25-13-7-5-12(6-8-13)14-10-22-17(24)15-9-19-16(11(2)3)23(15)21-18(22)20-14/h5-9,11,14H,4,10H2,1-3H3,(H,20,21). The normalized spacial score (nSPS) is 16.2. The van der Waals surface area contributed by atoms with Crippen molar-refractivity contribution in [1.29, 1.82) is 0 Å². The van der Waals surface area contributed by atoms with E-state index in [2.05, 4.69) is 15.4 Å². The first-order valence-electron chi connectivity index (χ1n) is 8.56. The second kappa shape index (κ2) is 5.91. The monoisotopic (exact) mass is 339 g/mol. The zero-order valence-corrected chi connectivity index (χ0v) is 14.6. The summed E-state index contributed by atoms with van der Waals surface area (Å²) in [6.07, 6.45) is 1.61. The molecule has 2 aromatic heterocycles. The van der Waals surface area contributed by atoms with Crippen LogP contribution in [0.3, 0.4) is 0 Å². The zero-order valence-electron chi connectivity index (χ0n) is 14.6. The summed E-state index contributed by atoms with van der Waals surface area (Å²) in [6.45, 7) is 7.23. The lowest BCUT2D eigenvalue weighted by atomic mass is 10.1. The highest BCUT2D eigenvalue weighted by Gasteiger charge is 2.26. The van der Waals surface area contributed by atoms with E-state index in [9.17, 15) is 4.79 Å². The molecule has 3 aromatic rings. The van der Waals surface area contributed by atoms with Gasteiger partial charge in [0.1, 0.15) is 11.6 Å². The summed E-state index contributed by atoms with van der Waals surface area (Å²) in [7, 11) is 0. The number of imidazole rings is 1. The van der Waals surface area contributed by atoms with Gasteiger partial charge in [-0.05, 0) is 24.6 Å². The second-order valence-electron chi connectivity index (χ2n) is 6.51. The Labute approximate surface area is 145 Å². The van der Waals surface area contributed by atoms with Crippen LogP contribution in [-0.2, 0) is 6.54 Å². The van der Waals surface area contributed by atoms with Gasteiger partial charge in [-0.25, -0.2) is 9.50 Å². The van der Waals surface area contributed by atoms with Gasteiger partial charge in [0.05, 0.1) is 25.4 Å². The first kappa shape index (κ1) is 15.7. The van der Waals surface area contributed by atoms with Crippen LogP contribution < -0.4 is 15.6 Å². The van der Waals surface area contributed by atoms with Crippen molar-refractivity contribution in [3.05, 3.63) is 52.2 Å². The van der Waals surface area contributed by atoms with Gasteiger partial charge in [-0.15, -0.1) is 5.10 Å². The predicted octanol–water partition coefficient (Wildman–Crippen LogP) is 2.58. The van der Waals surface area contributed by atoms with Gasteiger partial charge in [0.25, 0.3) is 5.56 Å². The van der Waals surface area contributed by atoms with Crippen molar-refractivity contribution < 1.29 is 4.74 Å². The van der Waals surface area contributed by atoms with Crippen LogP contribution in [0.2, 0.25) is 0 Å². The molecule has 0 fully saturated rings. The Hall–Kier alpha value is -2.83. The summed E-state index contributed by atoms with van der Waals surface area (Å²) in [5.74, 6) is 2.41. The van der Waals surface area contributed by atoms with Gasteiger partial charge < -0.3 is 10.1 Å². The second-order valence-corrected chi connectivity index (χ2v) is 6.51. The number of rotatable bonds is 4. The molecule has 7 heteroatoms. The lowest BCUT2D eigenvalue weighted by Crippen LogP contribution is -2.22. The van der Waals surface area contributed by atoms with E-state index < -0.39 is 0 Å². The van der Waals surface area contributed by atoms with Crippen molar-refractivity contribution in [1.82, 2.24) is 19.2 Å². The topological polar surface area (TPSA) is 73.5 Å². The number of hydrogen-bond donors (Lipinski definition) is 1. The summed E-state index contributed by atoms with van der Waals surface area (Å²) >= 11 is 0.